The Morgan fingerprint density at radius 3 is 2.78 bits per heavy atom. The number of hydrogen-bond donors (Lipinski definition) is 2. The van der Waals surface area contributed by atoms with Gasteiger partial charge in [-0.05, 0) is 88.9 Å². The summed E-state index contributed by atoms with van der Waals surface area (Å²) in [6, 6.07) is 21.1. The van der Waals surface area contributed by atoms with E-state index in [1.807, 2.05) is 25.3 Å². The smallest absolute Gasteiger partial charge is 0.171 e. The molecule has 2 aliphatic rings. The van der Waals surface area contributed by atoms with Gasteiger partial charge in [0.15, 0.2) is 11.5 Å². The third-order valence-corrected chi connectivity index (χ3v) is 7.06. The Labute approximate surface area is 202 Å². The summed E-state index contributed by atoms with van der Waals surface area (Å²) in [6.07, 6.45) is 7.59. The minimum Gasteiger partial charge on any atom is -0.504 e. The van der Waals surface area contributed by atoms with Gasteiger partial charge in [-0.3, -0.25) is 4.99 Å². The highest BCUT2D eigenvalue weighted by molar-refractivity contribution is 14.1. The number of phenolic OH excluding ortho intramolecular Hbond substituents is 1. The number of benzene rings is 3. The van der Waals surface area contributed by atoms with E-state index in [0.717, 1.165) is 21.2 Å². The standard InChI is InChI=1S/C27H25IN2O2/c1-2-32-25-15-17(14-23(28)27(25)31)16-29-19-12-10-18(11-13-19)26-22-8-5-7-20(22)21-6-3-4-9-24(21)30-26/h3-7,9-16,20,22,26,30-31H,2,8H2,1H3/t20-,22-,26-/m0/s1. The number of anilines is 1. The number of aromatic hydroxyl groups is 1. The SMILES string of the molecule is CCOc1cc(C=Nc2ccc([C@@H]3Nc4ccccc4[C@@H]4C=CC[C@@H]43)cc2)cc(I)c1O. The van der Waals surface area contributed by atoms with Gasteiger partial charge in [-0.15, -0.1) is 0 Å². The van der Waals surface area contributed by atoms with E-state index in [4.69, 9.17) is 4.74 Å². The lowest BCUT2D eigenvalue weighted by Crippen LogP contribution is -2.28. The van der Waals surface area contributed by atoms with Crippen molar-refractivity contribution in [2.45, 2.75) is 25.3 Å². The Morgan fingerprint density at radius 1 is 1.16 bits per heavy atom. The fourth-order valence-corrected chi connectivity index (χ4v) is 5.35. The number of aliphatic imine (C=N–C) groups is 1. The summed E-state index contributed by atoms with van der Waals surface area (Å²) < 4.78 is 6.27. The molecular weight excluding hydrogens is 511 g/mol. The first-order valence-electron chi connectivity index (χ1n) is 11.0. The van der Waals surface area contributed by atoms with E-state index < -0.39 is 0 Å². The maximum Gasteiger partial charge on any atom is 0.171 e. The van der Waals surface area contributed by atoms with Crippen LogP contribution in [0.1, 0.15) is 42.0 Å². The molecule has 162 valence electrons. The van der Waals surface area contributed by atoms with Crippen molar-refractivity contribution >= 4 is 40.2 Å². The third kappa shape index (κ3) is 4.01. The van der Waals surface area contributed by atoms with Crippen molar-refractivity contribution in [2.24, 2.45) is 10.9 Å². The van der Waals surface area contributed by atoms with Crippen LogP contribution in [0.3, 0.4) is 0 Å². The summed E-state index contributed by atoms with van der Waals surface area (Å²) in [7, 11) is 0. The van der Waals surface area contributed by atoms with Crippen LogP contribution in [0, 0.1) is 9.49 Å². The molecule has 0 bridgehead atoms. The van der Waals surface area contributed by atoms with Crippen LogP contribution < -0.4 is 10.1 Å². The monoisotopic (exact) mass is 536 g/mol. The fourth-order valence-electron chi connectivity index (χ4n) is 4.72. The molecule has 0 unspecified atom stereocenters. The van der Waals surface area contributed by atoms with Gasteiger partial charge in [0.05, 0.1) is 21.9 Å². The molecule has 0 saturated heterocycles. The molecule has 1 aliphatic carbocycles. The van der Waals surface area contributed by atoms with Gasteiger partial charge in [0.25, 0.3) is 0 Å². The molecule has 0 amide bonds. The summed E-state index contributed by atoms with van der Waals surface area (Å²) in [5, 5.41) is 13.9. The van der Waals surface area contributed by atoms with E-state index in [0.29, 0.717) is 24.2 Å². The molecule has 2 N–H and O–H groups in total. The second-order valence-corrected chi connectivity index (χ2v) is 9.36. The number of nitrogens with one attached hydrogen (secondary N) is 1. The van der Waals surface area contributed by atoms with Crippen molar-refractivity contribution in [1.82, 2.24) is 0 Å². The molecule has 5 heteroatoms. The zero-order chi connectivity index (χ0) is 22.1. The number of phenols is 1. The highest BCUT2D eigenvalue weighted by Gasteiger charge is 2.37. The Hall–Kier alpha value is -2.80. The van der Waals surface area contributed by atoms with Crippen LogP contribution in [-0.2, 0) is 0 Å². The first kappa shape index (κ1) is 21.1. The van der Waals surface area contributed by atoms with Gasteiger partial charge in [0.1, 0.15) is 0 Å². The zero-order valence-corrected chi connectivity index (χ0v) is 20.0. The Morgan fingerprint density at radius 2 is 1.97 bits per heavy atom. The molecule has 4 nitrogen and oxygen atoms in total. The predicted molar refractivity (Wildman–Crippen MR) is 138 cm³/mol. The van der Waals surface area contributed by atoms with Gasteiger partial charge < -0.3 is 15.2 Å². The van der Waals surface area contributed by atoms with Crippen LogP contribution in [0.25, 0.3) is 0 Å². The number of ether oxygens (including phenoxy) is 1. The van der Waals surface area contributed by atoms with E-state index in [2.05, 4.69) is 93.6 Å². The molecule has 0 spiro atoms. The Balaban J connectivity index is 1.36. The summed E-state index contributed by atoms with van der Waals surface area (Å²) in [4.78, 5) is 4.64. The van der Waals surface area contributed by atoms with Crippen LogP contribution in [-0.4, -0.2) is 17.9 Å². The van der Waals surface area contributed by atoms with Gasteiger partial charge in [0.2, 0.25) is 0 Å². The molecule has 5 rings (SSSR count). The van der Waals surface area contributed by atoms with Crippen molar-refractivity contribution in [1.29, 1.82) is 0 Å². The molecule has 0 fully saturated rings. The minimum absolute atomic E-state index is 0.176. The van der Waals surface area contributed by atoms with E-state index in [1.165, 1.54) is 16.8 Å². The van der Waals surface area contributed by atoms with Crippen LogP contribution >= 0.6 is 22.6 Å². The summed E-state index contributed by atoms with van der Waals surface area (Å²) >= 11 is 2.11. The number of halogens is 1. The number of hydrogen-bond acceptors (Lipinski definition) is 4. The third-order valence-electron chi connectivity index (χ3n) is 6.24. The number of para-hydroxylation sites is 1. The van der Waals surface area contributed by atoms with Crippen molar-refractivity contribution in [3.8, 4) is 11.5 Å². The second-order valence-electron chi connectivity index (χ2n) is 8.19. The number of rotatable bonds is 5. The van der Waals surface area contributed by atoms with Gasteiger partial charge >= 0.3 is 0 Å². The quantitative estimate of drug-likeness (QED) is 0.210. The molecule has 1 heterocycles. The highest BCUT2D eigenvalue weighted by atomic mass is 127. The molecular formula is C27H25IN2O2. The van der Waals surface area contributed by atoms with Crippen LogP contribution in [0.15, 0.2) is 77.8 Å². The molecule has 3 aromatic carbocycles. The van der Waals surface area contributed by atoms with Crippen molar-refractivity contribution in [2.75, 3.05) is 11.9 Å². The van der Waals surface area contributed by atoms with Crippen molar-refractivity contribution < 1.29 is 9.84 Å². The largest absolute Gasteiger partial charge is 0.504 e. The molecule has 0 saturated carbocycles. The first-order chi connectivity index (χ1) is 15.6. The fraction of sp³-hybridized carbons (Fsp3) is 0.222. The lowest BCUT2D eigenvalue weighted by atomic mass is 9.77. The summed E-state index contributed by atoms with van der Waals surface area (Å²) in [6.45, 7) is 2.40. The van der Waals surface area contributed by atoms with E-state index in [-0.39, 0.29) is 11.8 Å². The molecule has 3 aromatic rings. The molecule has 0 aromatic heterocycles. The van der Waals surface area contributed by atoms with Gasteiger partial charge in [-0.1, -0.05) is 42.5 Å². The van der Waals surface area contributed by atoms with E-state index in [9.17, 15) is 5.11 Å². The lowest BCUT2D eigenvalue weighted by Gasteiger charge is -2.37. The maximum atomic E-state index is 10.1. The van der Waals surface area contributed by atoms with Gasteiger partial charge in [-0.2, -0.15) is 0 Å². The Kier molecular flexibility index (Phi) is 5.91. The maximum absolute atomic E-state index is 10.1. The van der Waals surface area contributed by atoms with Crippen LogP contribution in [0.5, 0.6) is 11.5 Å². The number of allylic oxidation sites excluding steroid dienone is 2. The lowest BCUT2D eigenvalue weighted by molar-refractivity contribution is 0.317. The Bertz CT molecular complexity index is 1190. The van der Waals surface area contributed by atoms with Gasteiger partial charge in [0, 0.05) is 17.8 Å². The highest BCUT2D eigenvalue weighted by Crippen LogP contribution is 2.49. The van der Waals surface area contributed by atoms with Crippen molar-refractivity contribution in [3.05, 3.63) is 93.1 Å². The van der Waals surface area contributed by atoms with Crippen LogP contribution in [0.4, 0.5) is 11.4 Å². The summed E-state index contributed by atoms with van der Waals surface area (Å²) in [5.41, 5.74) is 5.71. The topological polar surface area (TPSA) is 53.8 Å². The zero-order valence-electron chi connectivity index (χ0n) is 17.8. The first-order valence-corrected chi connectivity index (χ1v) is 12.0. The minimum atomic E-state index is 0.176. The van der Waals surface area contributed by atoms with E-state index >= 15 is 0 Å². The van der Waals surface area contributed by atoms with Crippen LogP contribution in [0.2, 0.25) is 0 Å². The number of nitrogens with zero attached hydrogens (tertiary/aromatic N) is 1. The average Bonchev–Trinajstić information content (AvgIpc) is 3.31. The normalized spacial score (nSPS) is 21.2. The predicted octanol–water partition coefficient (Wildman–Crippen LogP) is 6.97. The molecule has 32 heavy (non-hydrogen) atoms. The van der Waals surface area contributed by atoms with Crippen molar-refractivity contribution in [3.63, 3.8) is 0 Å². The second kappa shape index (κ2) is 8.98. The summed E-state index contributed by atoms with van der Waals surface area (Å²) in [5.74, 6) is 1.68. The number of fused-ring (bicyclic) bond motifs is 3. The molecule has 3 atom stereocenters. The average molecular weight is 536 g/mol. The van der Waals surface area contributed by atoms with E-state index in [1.54, 1.807) is 0 Å². The molecule has 0 radical (unpaired) electrons. The molecule has 1 aliphatic heterocycles. The van der Waals surface area contributed by atoms with Gasteiger partial charge in [-0.25, -0.2) is 0 Å².